The highest BCUT2D eigenvalue weighted by Gasteiger charge is 2.27. The van der Waals surface area contributed by atoms with Crippen molar-refractivity contribution < 1.29 is 17.9 Å². The van der Waals surface area contributed by atoms with Gasteiger partial charge in [0, 0.05) is 5.02 Å². The van der Waals surface area contributed by atoms with Crippen molar-refractivity contribution in [3.63, 3.8) is 0 Å². The number of halogens is 1. The molecule has 6 nitrogen and oxygen atoms in total. The van der Waals surface area contributed by atoms with E-state index in [0.29, 0.717) is 10.7 Å². The van der Waals surface area contributed by atoms with Crippen LogP contribution >= 0.6 is 11.6 Å². The van der Waals surface area contributed by atoms with Gasteiger partial charge in [-0.2, -0.15) is 0 Å². The second-order valence-electron chi connectivity index (χ2n) is 7.75. The molecule has 0 aromatic heterocycles. The van der Waals surface area contributed by atoms with Crippen molar-refractivity contribution in [3.05, 3.63) is 88.4 Å². The molecule has 0 aliphatic heterocycles. The third-order valence-corrected chi connectivity index (χ3v) is 7.22. The third-order valence-electron chi connectivity index (χ3n) is 5.18. The Morgan fingerprint density at radius 3 is 2.24 bits per heavy atom. The molecule has 174 valence electrons. The Balaban J connectivity index is 1.69. The highest BCUT2D eigenvalue weighted by atomic mass is 35.5. The maximum absolute atomic E-state index is 13.3. The molecule has 0 fully saturated rings. The minimum Gasteiger partial charge on any atom is -0.492 e. The van der Waals surface area contributed by atoms with E-state index in [4.69, 9.17) is 16.3 Å². The summed E-state index contributed by atoms with van der Waals surface area (Å²) in [7, 11) is -3.96. The zero-order valence-electron chi connectivity index (χ0n) is 18.8. The topological polar surface area (TPSA) is 75.7 Å². The van der Waals surface area contributed by atoms with Gasteiger partial charge >= 0.3 is 0 Å². The lowest BCUT2D eigenvalue weighted by Crippen LogP contribution is -2.41. The molecule has 0 aliphatic rings. The summed E-state index contributed by atoms with van der Waals surface area (Å²) in [5.41, 5.74) is 3.58. The van der Waals surface area contributed by atoms with Crippen LogP contribution in [-0.4, -0.2) is 34.0 Å². The molecule has 0 saturated carbocycles. The second kappa shape index (κ2) is 10.7. The molecule has 0 bridgehead atoms. The number of aryl methyl sites for hydroxylation is 3. The van der Waals surface area contributed by atoms with Crippen molar-refractivity contribution in [2.45, 2.75) is 25.7 Å². The van der Waals surface area contributed by atoms with Gasteiger partial charge in [0.15, 0.2) is 0 Å². The monoisotopic (exact) mass is 486 g/mol. The van der Waals surface area contributed by atoms with Crippen molar-refractivity contribution in [2.24, 2.45) is 0 Å². The van der Waals surface area contributed by atoms with Gasteiger partial charge in [-0.3, -0.25) is 9.10 Å². The standard InChI is InChI=1S/C25H27ClN2O4S/c1-18-4-12-24(13-5-18)33(30,31)28(22-9-7-21(26)8-10-22)17-25(29)27-14-15-32-23-11-6-19(2)20(3)16-23/h4-13,16H,14-15,17H2,1-3H3,(H,27,29). The van der Waals surface area contributed by atoms with Crippen LogP contribution in [0.15, 0.2) is 71.6 Å². The summed E-state index contributed by atoms with van der Waals surface area (Å²) in [5.74, 6) is 0.279. The van der Waals surface area contributed by atoms with Crippen LogP contribution in [0, 0.1) is 20.8 Å². The van der Waals surface area contributed by atoms with E-state index in [1.807, 2.05) is 39.0 Å². The van der Waals surface area contributed by atoms with E-state index in [9.17, 15) is 13.2 Å². The molecule has 0 atom stereocenters. The van der Waals surface area contributed by atoms with Crippen molar-refractivity contribution >= 4 is 33.2 Å². The molecule has 0 aliphatic carbocycles. The Labute approximate surface area is 200 Å². The fourth-order valence-corrected chi connectivity index (χ4v) is 4.66. The van der Waals surface area contributed by atoms with Gasteiger partial charge in [-0.05, 0) is 80.4 Å². The molecule has 1 N–H and O–H groups in total. The summed E-state index contributed by atoms with van der Waals surface area (Å²) >= 11 is 5.96. The van der Waals surface area contributed by atoms with E-state index >= 15 is 0 Å². The third kappa shape index (κ3) is 6.49. The number of ether oxygens (including phenoxy) is 1. The number of carbonyl (C=O) groups excluding carboxylic acids is 1. The first kappa shape index (κ1) is 24.6. The lowest BCUT2D eigenvalue weighted by atomic mass is 10.1. The highest BCUT2D eigenvalue weighted by molar-refractivity contribution is 7.92. The van der Waals surface area contributed by atoms with Crippen LogP contribution in [0.5, 0.6) is 5.75 Å². The fourth-order valence-electron chi connectivity index (χ4n) is 3.11. The number of carbonyl (C=O) groups is 1. The summed E-state index contributed by atoms with van der Waals surface area (Å²) in [4.78, 5) is 12.7. The Kier molecular flexibility index (Phi) is 8.00. The summed E-state index contributed by atoms with van der Waals surface area (Å²) < 4.78 is 33.4. The first-order valence-corrected chi connectivity index (χ1v) is 12.3. The largest absolute Gasteiger partial charge is 0.492 e. The number of nitrogens with one attached hydrogen (secondary N) is 1. The van der Waals surface area contributed by atoms with E-state index in [-0.39, 0.29) is 24.6 Å². The SMILES string of the molecule is Cc1ccc(S(=O)(=O)N(CC(=O)NCCOc2ccc(C)c(C)c2)c2ccc(Cl)cc2)cc1. The first-order valence-electron chi connectivity index (χ1n) is 10.5. The van der Waals surface area contributed by atoms with E-state index in [1.54, 1.807) is 36.4 Å². The zero-order valence-corrected chi connectivity index (χ0v) is 20.4. The van der Waals surface area contributed by atoms with Gasteiger partial charge in [-0.1, -0.05) is 35.4 Å². The van der Waals surface area contributed by atoms with Crippen LogP contribution in [-0.2, 0) is 14.8 Å². The van der Waals surface area contributed by atoms with Gasteiger partial charge in [0.1, 0.15) is 18.9 Å². The van der Waals surface area contributed by atoms with Crippen LogP contribution in [0.25, 0.3) is 0 Å². The van der Waals surface area contributed by atoms with Crippen LogP contribution in [0.4, 0.5) is 5.69 Å². The van der Waals surface area contributed by atoms with Crippen molar-refractivity contribution in [1.29, 1.82) is 0 Å². The highest BCUT2D eigenvalue weighted by Crippen LogP contribution is 2.25. The normalized spacial score (nSPS) is 11.2. The number of rotatable bonds is 9. The van der Waals surface area contributed by atoms with E-state index in [1.165, 1.54) is 17.7 Å². The Morgan fingerprint density at radius 2 is 1.61 bits per heavy atom. The predicted molar refractivity (Wildman–Crippen MR) is 132 cm³/mol. The molecular weight excluding hydrogens is 460 g/mol. The molecule has 8 heteroatoms. The van der Waals surface area contributed by atoms with E-state index in [0.717, 1.165) is 21.2 Å². The maximum Gasteiger partial charge on any atom is 0.264 e. The molecular formula is C25H27ClN2O4S. The van der Waals surface area contributed by atoms with Gasteiger partial charge in [0.25, 0.3) is 10.0 Å². The van der Waals surface area contributed by atoms with Gasteiger partial charge in [0.05, 0.1) is 17.1 Å². The van der Waals surface area contributed by atoms with Crippen LogP contribution in [0.3, 0.4) is 0 Å². The predicted octanol–water partition coefficient (Wildman–Crippen LogP) is 4.66. The van der Waals surface area contributed by atoms with Crippen molar-refractivity contribution in [3.8, 4) is 5.75 Å². The van der Waals surface area contributed by atoms with Crippen LogP contribution in [0.2, 0.25) is 5.02 Å². The van der Waals surface area contributed by atoms with Crippen LogP contribution < -0.4 is 14.4 Å². The van der Waals surface area contributed by atoms with Gasteiger partial charge in [0.2, 0.25) is 5.91 Å². The molecule has 3 aromatic rings. The summed E-state index contributed by atoms with van der Waals surface area (Å²) in [6, 6.07) is 18.6. The Hall–Kier alpha value is -3.03. The summed E-state index contributed by atoms with van der Waals surface area (Å²) in [6.07, 6.45) is 0. The van der Waals surface area contributed by atoms with Crippen molar-refractivity contribution in [1.82, 2.24) is 5.32 Å². The van der Waals surface area contributed by atoms with E-state index in [2.05, 4.69) is 5.32 Å². The minimum absolute atomic E-state index is 0.105. The Bertz CT molecular complexity index is 1210. The zero-order chi connectivity index (χ0) is 24.0. The first-order chi connectivity index (χ1) is 15.7. The number of nitrogens with zero attached hydrogens (tertiary/aromatic N) is 1. The lowest BCUT2D eigenvalue weighted by Gasteiger charge is -2.24. The maximum atomic E-state index is 13.3. The molecule has 3 rings (SSSR count). The molecule has 0 radical (unpaired) electrons. The molecule has 33 heavy (non-hydrogen) atoms. The second-order valence-corrected chi connectivity index (χ2v) is 10.0. The number of hydrogen-bond acceptors (Lipinski definition) is 4. The van der Waals surface area contributed by atoms with Gasteiger partial charge < -0.3 is 10.1 Å². The van der Waals surface area contributed by atoms with Crippen molar-refractivity contribution in [2.75, 3.05) is 24.0 Å². The molecule has 0 heterocycles. The smallest absolute Gasteiger partial charge is 0.264 e. The van der Waals surface area contributed by atoms with E-state index < -0.39 is 15.9 Å². The lowest BCUT2D eigenvalue weighted by molar-refractivity contribution is -0.119. The number of anilines is 1. The average Bonchev–Trinajstić information content (AvgIpc) is 2.78. The van der Waals surface area contributed by atoms with Gasteiger partial charge in [-0.25, -0.2) is 8.42 Å². The summed E-state index contributed by atoms with van der Waals surface area (Å²) in [6.45, 7) is 6.03. The fraction of sp³-hybridized carbons (Fsp3) is 0.240. The number of amides is 1. The average molecular weight is 487 g/mol. The molecule has 0 spiro atoms. The summed E-state index contributed by atoms with van der Waals surface area (Å²) in [5, 5.41) is 3.20. The number of hydrogen-bond donors (Lipinski definition) is 1. The minimum atomic E-state index is -3.96. The molecule has 3 aromatic carbocycles. The number of sulfonamides is 1. The van der Waals surface area contributed by atoms with Gasteiger partial charge in [-0.15, -0.1) is 0 Å². The molecule has 1 amide bonds. The molecule has 0 unspecified atom stereocenters. The number of benzene rings is 3. The Morgan fingerprint density at radius 1 is 0.939 bits per heavy atom. The quantitative estimate of drug-likeness (QED) is 0.446. The molecule has 0 saturated heterocycles. The van der Waals surface area contributed by atoms with Crippen LogP contribution in [0.1, 0.15) is 16.7 Å².